The summed E-state index contributed by atoms with van der Waals surface area (Å²) in [7, 11) is 0. The van der Waals surface area contributed by atoms with Crippen LogP contribution in [0.1, 0.15) is 50.3 Å². The minimum atomic E-state index is 0.262. The van der Waals surface area contributed by atoms with Crippen molar-refractivity contribution in [2.75, 3.05) is 43.4 Å². The van der Waals surface area contributed by atoms with Gasteiger partial charge < -0.3 is 20.9 Å². The van der Waals surface area contributed by atoms with Gasteiger partial charge in [0.25, 0.3) is 0 Å². The molecule has 0 bridgehead atoms. The number of rotatable bonds is 8. The molecule has 10 heteroatoms. The van der Waals surface area contributed by atoms with Crippen LogP contribution in [0.5, 0.6) is 0 Å². The SMILES string of the molecule is Cc1nn(C2CCNCC2)cc1Nc1ncc(Cl)c(NCCCN2CCCCC2=O)n1. The van der Waals surface area contributed by atoms with Crippen molar-refractivity contribution in [3.63, 3.8) is 0 Å². The maximum absolute atomic E-state index is 11.9. The maximum Gasteiger partial charge on any atom is 0.229 e. The van der Waals surface area contributed by atoms with E-state index in [1.54, 1.807) is 6.20 Å². The van der Waals surface area contributed by atoms with E-state index in [9.17, 15) is 4.79 Å². The largest absolute Gasteiger partial charge is 0.369 e. The second-order valence-corrected chi connectivity index (χ2v) is 8.63. The zero-order chi connectivity index (χ0) is 21.6. The minimum absolute atomic E-state index is 0.262. The van der Waals surface area contributed by atoms with Gasteiger partial charge in [0.1, 0.15) is 10.8 Å². The number of halogens is 1. The molecule has 3 N–H and O–H groups in total. The normalized spacial score (nSPS) is 17.7. The third-order valence-electron chi connectivity index (χ3n) is 5.91. The van der Waals surface area contributed by atoms with E-state index >= 15 is 0 Å². The molecule has 0 spiro atoms. The number of nitrogens with one attached hydrogen (secondary N) is 3. The topological polar surface area (TPSA) is 100 Å². The van der Waals surface area contributed by atoms with E-state index in [-0.39, 0.29) is 5.91 Å². The molecular formula is C21H31ClN8O. The van der Waals surface area contributed by atoms with Crippen molar-refractivity contribution in [3.8, 4) is 0 Å². The van der Waals surface area contributed by atoms with Crippen LogP contribution in [0.3, 0.4) is 0 Å². The molecule has 4 heterocycles. The van der Waals surface area contributed by atoms with Crippen LogP contribution < -0.4 is 16.0 Å². The Bertz CT molecular complexity index is 896. The summed E-state index contributed by atoms with van der Waals surface area (Å²) in [5, 5.41) is 15.1. The average molecular weight is 447 g/mol. The molecule has 4 rings (SSSR count). The predicted molar refractivity (Wildman–Crippen MR) is 122 cm³/mol. The Morgan fingerprint density at radius 3 is 2.94 bits per heavy atom. The number of nitrogens with zero attached hydrogens (tertiary/aromatic N) is 5. The van der Waals surface area contributed by atoms with E-state index in [1.807, 2.05) is 18.0 Å². The predicted octanol–water partition coefficient (Wildman–Crippen LogP) is 3.12. The first-order valence-electron chi connectivity index (χ1n) is 11.2. The van der Waals surface area contributed by atoms with Crippen LogP contribution >= 0.6 is 11.6 Å². The van der Waals surface area contributed by atoms with Gasteiger partial charge in [0.2, 0.25) is 11.9 Å². The lowest BCUT2D eigenvalue weighted by Crippen LogP contribution is -2.36. The Hall–Kier alpha value is -2.39. The lowest BCUT2D eigenvalue weighted by atomic mass is 10.1. The molecule has 0 unspecified atom stereocenters. The highest BCUT2D eigenvalue weighted by molar-refractivity contribution is 6.32. The third kappa shape index (κ3) is 5.65. The van der Waals surface area contributed by atoms with Gasteiger partial charge in [-0.1, -0.05) is 11.6 Å². The van der Waals surface area contributed by atoms with Crippen molar-refractivity contribution in [2.24, 2.45) is 0 Å². The molecule has 2 aliphatic rings. The van der Waals surface area contributed by atoms with Gasteiger partial charge in [0.05, 0.1) is 23.6 Å². The standard InChI is InChI=1S/C21H31ClN8O/c1-15-18(14-30(28-15)16-6-9-23-10-7-16)26-21-25-13-17(22)20(27-21)24-8-4-12-29-11-3-2-5-19(29)31/h13-14,16,23H,2-12H2,1H3,(H2,24,25,26,27). The Balaban J connectivity index is 1.33. The molecule has 2 aromatic heterocycles. The smallest absolute Gasteiger partial charge is 0.229 e. The number of piperidine rings is 2. The average Bonchev–Trinajstić information content (AvgIpc) is 3.15. The summed E-state index contributed by atoms with van der Waals surface area (Å²) in [5.74, 6) is 1.33. The molecule has 0 aromatic carbocycles. The first-order chi connectivity index (χ1) is 15.1. The molecule has 9 nitrogen and oxygen atoms in total. The van der Waals surface area contributed by atoms with Crippen molar-refractivity contribution < 1.29 is 4.79 Å². The lowest BCUT2D eigenvalue weighted by Gasteiger charge is -2.26. The molecule has 2 aliphatic heterocycles. The summed E-state index contributed by atoms with van der Waals surface area (Å²) in [6, 6.07) is 0.422. The maximum atomic E-state index is 11.9. The van der Waals surface area contributed by atoms with E-state index < -0.39 is 0 Å². The second-order valence-electron chi connectivity index (χ2n) is 8.22. The zero-order valence-corrected chi connectivity index (χ0v) is 18.8. The van der Waals surface area contributed by atoms with Crippen LogP contribution in [-0.4, -0.2) is 63.3 Å². The van der Waals surface area contributed by atoms with Gasteiger partial charge in [-0.3, -0.25) is 9.48 Å². The molecule has 0 atom stereocenters. The van der Waals surface area contributed by atoms with E-state index in [0.717, 1.165) is 69.7 Å². The van der Waals surface area contributed by atoms with E-state index in [1.165, 1.54) is 0 Å². The second kappa shape index (κ2) is 10.3. The monoisotopic (exact) mass is 446 g/mol. The number of likely N-dealkylation sites (tertiary alicyclic amines) is 1. The first kappa shape index (κ1) is 21.8. The molecule has 2 saturated heterocycles. The van der Waals surface area contributed by atoms with Gasteiger partial charge in [0, 0.05) is 32.3 Å². The fourth-order valence-electron chi connectivity index (χ4n) is 4.11. The van der Waals surface area contributed by atoms with Crippen LogP contribution in [0, 0.1) is 6.92 Å². The van der Waals surface area contributed by atoms with Crippen LogP contribution in [-0.2, 0) is 4.79 Å². The van der Waals surface area contributed by atoms with Crippen molar-refractivity contribution in [2.45, 2.75) is 51.5 Å². The summed E-state index contributed by atoms with van der Waals surface area (Å²) in [6.45, 7) is 6.34. The van der Waals surface area contributed by atoms with Crippen molar-refractivity contribution >= 4 is 35.0 Å². The highest BCUT2D eigenvalue weighted by atomic mass is 35.5. The van der Waals surface area contributed by atoms with Gasteiger partial charge >= 0.3 is 0 Å². The molecule has 1 amide bonds. The first-order valence-corrected chi connectivity index (χ1v) is 11.6. The van der Waals surface area contributed by atoms with Gasteiger partial charge in [0.15, 0.2) is 0 Å². The van der Waals surface area contributed by atoms with Gasteiger partial charge in [-0.05, 0) is 52.1 Å². The number of hydrogen-bond donors (Lipinski definition) is 3. The zero-order valence-electron chi connectivity index (χ0n) is 18.0. The Labute approximate surface area is 188 Å². The quantitative estimate of drug-likeness (QED) is 0.535. The van der Waals surface area contributed by atoms with Gasteiger partial charge in [-0.2, -0.15) is 10.1 Å². The number of carbonyl (C=O) groups is 1. The summed E-state index contributed by atoms with van der Waals surface area (Å²) >= 11 is 6.28. The fourth-order valence-corrected chi connectivity index (χ4v) is 4.27. The highest BCUT2D eigenvalue weighted by Crippen LogP contribution is 2.25. The van der Waals surface area contributed by atoms with E-state index in [2.05, 4.69) is 35.7 Å². The summed E-state index contributed by atoms with van der Waals surface area (Å²) in [4.78, 5) is 22.7. The molecular weight excluding hydrogens is 416 g/mol. The van der Waals surface area contributed by atoms with Crippen molar-refractivity contribution in [1.82, 2.24) is 30.0 Å². The Morgan fingerprint density at radius 1 is 1.29 bits per heavy atom. The number of amides is 1. The van der Waals surface area contributed by atoms with Crippen LogP contribution in [0.25, 0.3) is 0 Å². The molecule has 2 aromatic rings. The Kier molecular flexibility index (Phi) is 7.24. The summed E-state index contributed by atoms with van der Waals surface area (Å²) < 4.78 is 2.05. The summed E-state index contributed by atoms with van der Waals surface area (Å²) in [5.41, 5.74) is 1.81. The van der Waals surface area contributed by atoms with Crippen molar-refractivity contribution in [3.05, 3.63) is 23.1 Å². The van der Waals surface area contributed by atoms with Crippen LogP contribution in [0.15, 0.2) is 12.4 Å². The number of hydrogen-bond acceptors (Lipinski definition) is 7. The number of carbonyl (C=O) groups excluding carboxylic acids is 1. The number of aromatic nitrogens is 4. The molecule has 0 radical (unpaired) electrons. The van der Waals surface area contributed by atoms with Gasteiger partial charge in [-0.25, -0.2) is 4.98 Å². The molecule has 31 heavy (non-hydrogen) atoms. The molecule has 2 fully saturated rings. The van der Waals surface area contributed by atoms with Crippen molar-refractivity contribution in [1.29, 1.82) is 0 Å². The van der Waals surface area contributed by atoms with Crippen LogP contribution in [0.4, 0.5) is 17.5 Å². The molecule has 0 aliphatic carbocycles. The van der Waals surface area contributed by atoms with E-state index in [4.69, 9.17) is 11.6 Å². The Morgan fingerprint density at radius 2 is 2.13 bits per heavy atom. The van der Waals surface area contributed by atoms with Gasteiger partial charge in [-0.15, -0.1) is 0 Å². The third-order valence-corrected chi connectivity index (χ3v) is 6.19. The lowest BCUT2D eigenvalue weighted by molar-refractivity contribution is -0.133. The fraction of sp³-hybridized carbons (Fsp3) is 0.619. The highest BCUT2D eigenvalue weighted by Gasteiger charge is 2.19. The summed E-state index contributed by atoms with van der Waals surface area (Å²) in [6.07, 6.45) is 9.41. The number of anilines is 3. The number of aryl methyl sites for hydroxylation is 1. The molecule has 0 saturated carbocycles. The van der Waals surface area contributed by atoms with Crippen LogP contribution in [0.2, 0.25) is 5.02 Å². The minimum Gasteiger partial charge on any atom is -0.369 e. The molecule has 168 valence electrons. The van der Waals surface area contributed by atoms with E-state index in [0.29, 0.717) is 35.8 Å².